The monoisotopic (exact) mass is 541 g/mol. The van der Waals surface area contributed by atoms with Gasteiger partial charge in [-0.15, -0.1) is 0 Å². The van der Waals surface area contributed by atoms with Crippen molar-refractivity contribution in [1.29, 1.82) is 0 Å². The summed E-state index contributed by atoms with van der Waals surface area (Å²) in [7, 11) is 1.44. The van der Waals surface area contributed by atoms with Gasteiger partial charge in [-0.05, 0) is 87.5 Å². The second kappa shape index (κ2) is 10.8. The second-order valence-corrected chi connectivity index (χ2v) is 10.4. The van der Waals surface area contributed by atoms with Gasteiger partial charge in [-0.3, -0.25) is 4.90 Å². The summed E-state index contributed by atoms with van der Waals surface area (Å²) in [6, 6.07) is 7.74. The van der Waals surface area contributed by atoms with E-state index >= 15 is 0 Å². The van der Waals surface area contributed by atoms with Gasteiger partial charge in [0.25, 0.3) is 0 Å². The molecule has 0 aromatic heterocycles. The molecule has 2 aromatic carbocycles. The SMILES string of the molecule is Cc1ccccc1[C@H]1[C@H](N2CCCC2)CCCN1C(=O)N(C)[C@H](C)c1cc(C(F)(F)F)cc(C(F)(F)F)c1. The number of halogens is 6. The van der Waals surface area contributed by atoms with Crippen LogP contribution < -0.4 is 0 Å². The van der Waals surface area contributed by atoms with Crippen LogP contribution in [0.2, 0.25) is 0 Å². The summed E-state index contributed by atoms with van der Waals surface area (Å²) in [6.07, 6.45) is -6.07. The fourth-order valence-corrected chi connectivity index (χ4v) is 5.75. The van der Waals surface area contributed by atoms with E-state index in [1.807, 2.05) is 31.2 Å². The molecule has 2 amide bonds. The Hall–Kier alpha value is -2.75. The van der Waals surface area contributed by atoms with Crippen LogP contribution in [0.1, 0.15) is 72.5 Å². The third-order valence-corrected chi connectivity index (χ3v) is 7.94. The zero-order valence-corrected chi connectivity index (χ0v) is 21.7. The van der Waals surface area contributed by atoms with Gasteiger partial charge in [0, 0.05) is 19.6 Å². The molecule has 2 saturated heterocycles. The van der Waals surface area contributed by atoms with Gasteiger partial charge in [0.15, 0.2) is 0 Å². The molecule has 2 fully saturated rings. The molecule has 2 aliphatic rings. The number of hydrogen-bond acceptors (Lipinski definition) is 2. The maximum atomic E-state index is 13.9. The summed E-state index contributed by atoms with van der Waals surface area (Å²) in [5, 5.41) is 0. The first kappa shape index (κ1) is 28.3. The van der Waals surface area contributed by atoms with E-state index in [1.54, 1.807) is 4.90 Å². The molecule has 0 spiro atoms. The molecule has 2 heterocycles. The van der Waals surface area contributed by atoms with E-state index in [1.165, 1.54) is 18.9 Å². The van der Waals surface area contributed by atoms with Crippen LogP contribution in [0.3, 0.4) is 0 Å². The standard InChI is InChI=1S/C28H33F6N3O/c1-18-9-4-5-10-23(18)25-24(36-12-6-7-13-36)11-8-14-37(25)26(38)35(3)19(2)20-15-21(27(29,30)31)17-22(16-20)28(32,33)34/h4-5,9-10,15-17,19,24-25H,6-8,11-14H2,1-3H3/t19-,24-,25+/m1/s1. The van der Waals surface area contributed by atoms with Gasteiger partial charge in [-0.25, -0.2) is 4.79 Å². The number of alkyl halides is 6. The van der Waals surface area contributed by atoms with Crippen molar-refractivity contribution in [3.8, 4) is 0 Å². The van der Waals surface area contributed by atoms with Crippen molar-refractivity contribution in [2.45, 2.75) is 70.0 Å². The predicted molar refractivity (Wildman–Crippen MR) is 132 cm³/mol. The van der Waals surface area contributed by atoms with Crippen molar-refractivity contribution >= 4 is 6.03 Å². The smallest absolute Gasteiger partial charge is 0.321 e. The normalized spacial score (nSPS) is 22.0. The fourth-order valence-electron chi connectivity index (χ4n) is 5.75. The Morgan fingerprint density at radius 3 is 2.05 bits per heavy atom. The van der Waals surface area contributed by atoms with Gasteiger partial charge < -0.3 is 9.80 Å². The summed E-state index contributed by atoms with van der Waals surface area (Å²) < 4.78 is 80.7. The molecule has 0 aliphatic carbocycles. The third kappa shape index (κ3) is 5.80. The first-order valence-electron chi connectivity index (χ1n) is 12.9. The molecule has 2 aromatic rings. The zero-order valence-electron chi connectivity index (χ0n) is 21.7. The van der Waals surface area contributed by atoms with E-state index in [4.69, 9.17) is 0 Å². The number of carbonyl (C=O) groups excluding carboxylic acids is 1. The highest BCUT2D eigenvalue weighted by molar-refractivity contribution is 5.75. The first-order valence-corrected chi connectivity index (χ1v) is 12.9. The van der Waals surface area contributed by atoms with Gasteiger partial charge >= 0.3 is 18.4 Å². The van der Waals surface area contributed by atoms with Crippen LogP contribution in [0, 0.1) is 6.92 Å². The van der Waals surface area contributed by atoms with Crippen molar-refractivity contribution in [2.75, 3.05) is 26.7 Å². The molecule has 10 heteroatoms. The molecule has 4 nitrogen and oxygen atoms in total. The van der Waals surface area contributed by atoms with Crippen LogP contribution in [0.15, 0.2) is 42.5 Å². The van der Waals surface area contributed by atoms with Gasteiger partial charge in [0.05, 0.1) is 23.2 Å². The lowest BCUT2D eigenvalue weighted by molar-refractivity contribution is -0.143. The van der Waals surface area contributed by atoms with Crippen LogP contribution in [0.4, 0.5) is 31.1 Å². The molecule has 208 valence electrons. The van der Waals surface area contributed by atoms with Crippen LogP contribution in [0.25, 0.3) is 0 Å². The Kier molecular flexibility index (Phi) is 8.02. The molecular weight excluding hydrogens is 508 g/mol. The number of nitrogens with zero attached hydrogens (tertiary/aromatic N) is 3. The number of hydrogen-bond donors (Lipinski definition) is 0. The van der Waals surface area contributed by atoms with Crippen LogP contribution in [0.5, 0.6) is 0 Å². The molecule has 0 N–H and O–H groups in total. The predicted octanol–water partition coefficient (Wildman–Crippen LogP) is 7.45. The lowest BCUT2D eigenvalue weighted by atomic mass is 9.87. The van der Waals surface area contributed by atoms with Crippen molar-refractivity contribution in [2.24, 2.45) is 0 Å². The highest BCUT2D eigenvalue weighted by atomic mass is 19.4. The summed E-state index contributed by atoms with van der Waals surface area (Å²) in [5.41, 5.74) is -0.954. The first-order chi connectivity index (χ1) is 17.8. The Morgan fingerprint density at radius 1 is 0.921 bits per heavy atom. The Morgan fingerprint density at radius 2 is 1.50 bits per heavy atom. The Balaban J connectivity index is 1.69. The quantitative estimate of drug-likeness (QED) is 0.376. The van der Waals surface area contributed by atoms with Gasteiger partial charge in [0.1, 0.15) is 0 Å². The largest absolute Gasteiger partial charge is 0.416 e. The number of urea groups is 1. The zero-order chi connectivity index (χ0) is 27.8. The minimum absolute atomic E-state index is 0.0883. The van der Waals surface area contributed by atoms with Crippen molar-refractivity contribution in [3.05, 3.63) is 70.3 Å². The average molecular weight is 542 g/mol. The lowest BCUT2D eigenvalue weighted by Gasteiger charge is -2.47. The summed E-state index contributed by atoms with van der Waals surface area (Å²) in [6.45, 7) is 5.77. The molecule has 4 rings (SSSR count). The minimum Gasteiger partial charge on any atom is -0.321 e. The number of benzene rings is 2. The lowest BCUT2D eigenvalue weighted by Crippen LogP contribution is -2.54. The van der Waals surface area contributed by atoms with Crippen LogP contribution in [-0.2, 0) is 12.4 Å². The highest BCUT2D eigenvalue weighted by Crippen LogP contribution is 2.40. The number of carbonyl (C=O) groups is 1. The molecule has 3 atom stereocenters. The Bertz CT molecular complexity index is 1110. The maximum Gasteiger partial charge on any atom is 0.416 e. The maximum absolute atomic E-state index is 13.9. The molecule has 0 saturated carbocycles. The van der Waals surface area contributed by atoms with E-state index in [0.29, 0.717) is 18.7 Å². The average Bonchev–Trinajstić information content (AvgIpc) is 3.41. The Labute approximate surface area is 219 Å². The summed E-state index contributed by atoms with van der Waals surface area (Å²) >= 11 is 0. The topological polar surface area (TPSA) is 26.8 Å². The van der Waals surface area contributed by atoms with E-state index in [9.17, 15) is 31.1 Å². The van der Waals surface area contributed by atoms with Crippen molar-refractivity contribution < 1.29 is 31.1 Å². The van der Waals surface area contributed by atoms with Gasteiger partial charge in [-0.2, -0.15) is 26.3 Å². The second-order valence-electron chi connectivity index (χ2n) is 10.4. The van der Waals surface area contributed by atoms with E-state index in [2.05, 4.69) is 4.90 Å². The molecule has 0 bridgehead atoms. The van der Waals surface area contributed by atoms with E-state index < -0.39 is 35.6 Å². The number of piperidine rings is 1. The highest BCUT2D eigenvalue weighted by Gasteiger charge is 2.42. The van der Waals surface area contributed by atoms with Gasteiger partial charge in [0.2, 0.25) is 0 Å². The van der Waals surface area contributed by atoms with E-state index in [-0.39, 0.29) is 23.7 Å². The van der Waals surface area contributed by atoms with Crippen LogP contribution >= 0.6 is 0 Å². The molecule has 38 heavy (non-hydrogen) atoms. The number of rotatable bonds is 4. The third-order valence-electron chi connectivity index (χ3n) is 7.94. The van der Waals surface area contributed by atoms with E-state index in [0.717, 1.165) is 49.9 Å². The minimum atomic E-state index is -4.95. The number of likely N-dealkylation sites (tertiary alicyclic amines) is 2. The molecular formula is C28H33F6N3O. The summed E-state index contributed by atoms with van der Waals surface area (Å²) in [5.74, 6) is 0. The van der Waals surface area contributed by atoms with Crippen molar-refractivity contribution in [1.82, 2.24) is 14.7 Å². The number of amides is 2. The molecule has 2 aliphatic heterocycles. The van der Waals surface area contributed by atoms with Crippen molar-refractivity contribution in [3.63, 3.8) is 0 Å². The van der Waals surface area contributed by atoms with Crippen LogP contribution in [-0.4, -0.2) is 53.5 Å². The van der Waals surface area contributed by atoms with Gasteiger partial charge in [-0.1, -0.05) is 24.3 Å². The summed E-state index contributed by atoms with van der Waals surface area (Å²) in [4.78, 5) is 19.3. The molecule has 0 radical (unpaired) electrons. The fraction of sp³-hybridized carbons (Fsp3) is 0.536. The number of aryl methyl sites for hydroxylation is 1. The molecule has 0 unspecified atom stereocenters.